The first-order valence-electron chi connectivity index (χ1n) is 13.7. The number of hydrogen-bond acceptors (Lipinski definition) is 7. The first kappa shape index (κ1) is 30.2. The molecular formula is C31H30ClF3N6O2. The number of pyridine rings is 1. The second kappa shape index (κ2) is 12.6. The Balaban J connectivity index is 1.44. The Kier molecular flexibility index (Phi) is 8.84. The molecular weight excluding hydrogens is 581 g/mol. The van der Waals surface area contributed by atoms with E-state index in [2.05, 4.69) is 25.2 Å². The van der Waals surface area contributed by atoms with Crippen LogP contribution in [0.3, 0.4) is 0 Å². The molecule has 0 bridgehead atoms. The summed E-state index contributed by atoms with van der Waals surface area (Å²) in [4.78, 5) is 30.7. The Morgan fingerprint density at radius 3 is 2.67 bits per heavy atom. The number of nitrogens with zero attached hydrogens (tertiary/aromatic N) is 5. The summed E-state index contributed by atoms with van der Waals surface area (Å²) in [5.41, 5.74) is 0.797. The molecule has 43 heavy (non-hydrogen) atoms. The molecule has 1 atom stereocenters. The number of ether oxygens (including phenoxy) is 1. The van der Waals surface area contributed by atoms with Crippen LogP contribution in [-0.4, -0.2) is 59.0 Å². The Labute approximate surface area is 252 Å². The minimum Gasteiger partial charge on any atom is -0.438 e. The number of amides is 1. The summed E-state index contributed by atoms with van der Waals surface area (Å²) in [5, 5.41) is 2.88. The molecule has 1 unspecified atom stereocenters. The third-order valence-electron chi connectivity index (χ3n) is 7.33. The van der Waals surface area contributed by atoms with Crippen LogP contribution in [0.25, 0.3) is 11.3 Å². The van der Waals surface area contributed by atoms with Gasteiger partial charge in [-0.2, -0.15) is 13.2 Å². The maximum absolute atomic E-state index is 13.7. The third-order valence-corrected chi connectivity index (χ3v) is 7.66. The molecule has 224 valence electrons. The van der Waals surface area contributed by atoms with Gasteiger partial charge in [-0.3, -0.25) is 4.79 Å². The van der Waals surface area contributed by atoms with Crippen molar-refractivity contribution >= 4 is 28.9 Å². The van der Waals surface area contributed by atoms with Crippen LogP contribution in [0.1, 0.15) is 35.1 Å². The minimum atomic E-state index is -4.62. The average Bonchev–Trinajstić information content (AvgIpc) is 3.44. The molecule has 0 saturated carbocycles. The smallest absolute Gasteiger partial charge is 0.416 e. The highest BCUT2D eigenvalue weighted by Crippen LogP contribution is 2.36. The van der Waals surface area contributed by atoms with Gasteiger partial charge in [0.2, 0.25) is 5.88 Å². The molecule has 1 fully saturated rings. The lowest BCUT2D eigenvalue weighted by molar-refractivity contribution is -0.137. The Hall–Kier alpha value is -4.22. The number of halogens is 4. The molecule has 0 spiro atoms. The molecule has 3 heterocycles. The van der Waals surface area contributed by atoms with E-state index in [-0.39, 0.29) is 28.2 Å². The summed E-state index contributed by atoms with van der Waals surface area (Å²) >= 11 is 6.42. The van der Waals surface area contributed by atoms with Gasteiger partial charge in [0.05, 0.1) is 33.1 Å². The Bertz CT molecular complexity index is 1630. The van der Waals surface area contributed by atoms with Crippen LogP contribution < -0.4 is 15.0 Å². The van der Waals surface area contributed by atoms with Crippen molar-refractivity contribution in [3.8, 4) is 22.9 Å². The molecule has 12 heteroatoms. The van der Waals surface area contributed by atoms with Crippen molar-refractivity contribution in [2.75, 3.05) is 37.4 Å². The largest absolute Gasteiger partial charge is 0.438 e. The van der Waals surface area contributed by atoms with Gasteiger partial charge in [-0.15, -0.1) is 0 Å². The fourth-order valence-corrected chi connectivity index (χ4v) is 5.14. The molecule has 1 aliphatic heterocycles. The van der Waals surface area contributed by atoms with Gasteiger partial charge in [-0.1, -0.05) is 18.5 Å². The van der Waals surface area contributed by atoms with Crippen LogP contribution in [0.4, 0.5) is 24.5 Å². The van der Waals surface area contributed by atoms with Crippen LogP contribution in [-0.2, 0) is 12.6 Å². The molecule has 0 aliphatic carbocycles. The molecule has 1 N–H and O–H groups in total. The van der Waals surface area contributed by atoms with E-state index in [1.165, 1.54) is 18.2 Å². The van der Waals surface area contributed by atoms with Crippen LogP contribution in [0.5, 0.6) is 11.6 Å². The van der Waals surface area contributed by atoms with Crippen molar-refractivity contribution in [2.45, 2.75) is 32.0 Å². The molecule has 1 amide bonds. The molecule has 2 aromatic carbocycles. The lowest BCUT2D eigenvalue weighted by Crippen LogP contribution is -2.35. The summed E-state index contributed by atoms with van der Waals surface area (Å²) in [7, 11) is 3.77. The van der Waals surface area contributed by atoms with Gasteiger partial charge in [-0.25, -0.2) is 15.0 Å². The zero-order chi connectivity index (χ0) is 30.7. The van der Waals surface area contributed by atoms with E-state index in [0.29, 0.717) is 34.9 Å². The highest BCUT2D eigenvalue weighted by atomic mass is 35.5. The zero-order valence-corrected chi connectivity index (χ0v) is 24.6. The van der Waals surface area contributed by atoms with Crippen LogP contribution in [0.2, 0.25) is 5.02 Å². The van der Waals surface area contributed by atoms with Gasteiger partial charge in [0.25, 0.3) is 5.91 Å². The normalized spacial score (nSPS) is 15.4. The van der Waals surface area contributed by atoms with Crippen LogP contribution in [0.15, 0.2) is 67.0 Å². The Morgan fingerprint density at radius 1 is 1.14 bits per heavy atom. The third kappa shape index (κ3) is 6.89. The number of nitrogens with one attached hydrogen (secondary N) is 1. The number of benzene rings is 2. The van der Waals surface area contributed by atoms with Crippen LogP contribution >= 0.6 is 11.6 Å². The quantitative estimate of drug-likeness (QED) is 0.231. The number of alkyl halides is 3. The maximum Gasteiger partial charge on any atom is 0.416 e. The number of aryl methyl sites for hydroxylation is 1. The van der Waals surface area contributed by atoms with Gasteiger partial charge in [-0.05, 0) is 68.5 Å². The predicted molar refractivity (Wildman–Crippen MR) is 160 cm³/mol. The van der Waals surface area contributed by atoms with Crippen LogP contribution in [0, 0.1) is 0 Å². The van der Waals surface area contributed by atoms with Crippen molar-refractivity contribution < 1.29 is 22.7 Å². The second-order valence-electron chi connectivity index (χ2n) is 10.3. The van der Waals surface area contributed by atoms with E-state index < -0.39 is 17.6 Å². The lowest BCUT2D eigenvalue weighted by atomic mass is 10.0. The average molecular weight is 611 g/mol. The number of hydrogen-bond donors (Lipinski definition) is 1. The summed E-state index contributed by atoms with van der Waals surface area (Å²) in [6.07, 6.45) is 0.106. The molecule has 2 aromatic heterocycles. The summed E-state index contributed by atoms with van der Waals surface area (Å²) in [6.45, 7) is 3.54. The topological polar surface area (TPSA) is 83.5 Å². The first-order valence-corrected chi connectivity index (χ1v) is 14.1. The number of carbonyl (C=O) groups is 1. The maximum atomic E-state index is 13.7. The molecule has 8 nitrogen and oxygen atoms in total. The highest BCUT2D eigenvalue weighted by molar-refractivity contribution is 6.34. The zero-order valence-electron chi connectivity index (χ0n) is 23.8. The van der Waals surface area contributed by atoms with Gasteiger partial charge in [0.1, 0.15) is 11.6 Å². The fraction of sp³-hybridized carbons (Fsp3) is 0.290. The van der Waals surface area contributed by atoms with E-state index in [1.54, 1.807) is 37.6 Å². The van der Waals surface area contributed by atoms with E-state index in [9.17, 15) is 18.0 Å². The Morgan fingerprint density at radius 2 is 1.95 bits per heavy atom. The molecule has 5 rings (SSSR count). The van der Waals surface area contributed by atoms with Crippen molar-refractivity contribution in [1.29, 1.82) is 0 Å². The highest BCUT2D eigenvalue weighted by Gasteiger charge is 2.33. The van der Waals surface area contributed by atoms with Crippen molar-refractivity contribution in [3.05, 3.63) is 89.0 Å². The summed E-state index contributed by atoms with van der Waals surface area (Å²) < 4.78 is 47.1. The SMILES string of the molecule is CCc1nccc(-c2cccnc2Oc2ccc(Cl)c(NC(=O)c3cc(C(F)(F)F)ccc3N(C)C3CCN(C)C3)c2)n1. The standard InChI is InChI=1S/C31H30ClF3N6O2/c1-4-28-36-14-11-25(38-28)22-6-5-13-37-30(22)43-21-8-9-24(32)26(17-21)39-29(42)23-16-19(31(33,34)35)7-10-27(23)41(3)20-12-15-40(2)18-20/h5-11,13-14,16-17,20H,4,12,15,18H2,1-3H3,(H,39,42). The monoisotopic (exact) mass is 610 g/mol. The lowest BCUT2D eigenvalue weighted by Gasteiger charge is -2.29. The van der Waals surface area contributed by atoms with Gasteiger partial charge < -0.3 is 19.9 Å². The summed E-state index contributed by atoms with van der Waals surface area (Å²) in [5.74, 6) is 0.513. The first-order chi connectivity index (χ1) is 20.5. The molecule has 4 aromatic rings. The molecule has 0 radical (unpaired) electrons. The van der Waals surface area contributed by atoms with Gasteiger partial charge in [0.15, 0.2) is 0 Å². The summed E-state index contributed by atoms with van der Waals surface area (Å²) in [6, 6.07) is 13.2. The van der Waals surface area contributed by atoms with Gasteiger partial charge in [0, 0.05) is 50.2 Å². The van der Waals surface area contributed by atoms with Crippen molar-refractivity contribution in [3.63, 3.8) is 0 Å². The molecule has 1 aliphatic rings. The number of aromatic nitrogens is 3. The number of carbonyl (C=O) groups excluding carboxylic acids is 1. The number of likely N-dealkylation sites (tertiary alicyclic amines) is 1. The number of rotatable bonds is 8. The van der Waals surface area contributed by atoms with E-state index in [4.69, 9.17) is 16.3 Å². The fourth-order valence-electron chi connectivity index (χ4n) is 4.98. The second-order valence-corrected chi connectivity index (χ2v) is 10.7. The number of anilines is 2. The van der Waals surface area contributed by atoms with Gasteiger partial charge >= 0.3 is 6.18 Å². The minimum absolute atomic E-state index is 0.0458. The van der Waals surface area contributed by atoms with E-state index >= 15 is 0 Å². The van der Waals surface area contributed by atoms with Crippen molar-refractivity contribution in [1.82, 2.24) is 19.9 Å². The van der Waals surface area contributed by atoms with E-state index in [0.717, 1.165) is 31.6 Å². The van der Waals surface area contributed by atoms with E-state index in [1.807, 2.05) is 24.9 Å². The predicted octanol–water partition coefficient (Wildman–Crippen LogP) is 6.96. The molecule has 1 saturated heterocycles. The van der Waals surface area contributed by atoms with Crippen molar-refractivity contribution in [2.24, 2.45) is 0 Å². The number of likely N-dealkylation sites (N-methyl/N-ethyl adjacent to an activating group) is 2.